The van der Waals surface area contributed by atoms with Crippen molar-refractivity contribution >= 4 is 29.1 Å². The Morgan fingerprint density at radius 2 is 1.73 bits per heavy atom. The zero-order valence-corrected chi connectivity index (χ0v) is 13.7. The van der Waals surface area contributed by atoms with Crippen LogP contribution in [0.25, 0.3) is 0 Å². The van der Waals surface area contributed by atoms with Crippen LogP contribution in [0.5, 0.6) is 5.75 Å². The smallest absolute Gasteiger partial charge is 0.257 e. The van der Waals surface area contributed by atoms with Crippen LogP contribution in [-0.2, 0) is 4.79 Å². The van der Waals surface area contributed by atoms with Crippen LogP contribution in [0.2, 0.25) is 10.0 Å². The van der Waals surface area contributed by atoms with Gasteiger partial charge in [-0.2, -0.15) is 0 Å². The van der Waals surface area contributed by atoms with Crippen molar-refractivity contribution < 1.29 is 9.53 Å². The summed E-state index contributed by atoms with van der Waals surface area (Å²) < 4.78 is 5.39. The molecule has 3 nitrogen and oxygen atoms in total. The number of ether oxygens (including phenoxy) is 1. The summed E-state index contributed by atoms with van der Waals surface area (Å²) in [5, 5.41) is 3.61. The maximum Gasteiger partial charge on any atom is 0.257 e. The van der Waals surface area contributed by atoms with Crippen LogP contribution in [0, 0.1) is 0 Å². The van der Waals surface area contributed by atoms with Gasteiger partial charge in [-0.05, 0) is 23.6 Å². The van der Waals surface area contributed by atoms with Crippen LogP contribution in [-0.4, -0.2) is 19.1 Å². The second-order valence-electron chi connectivity index (χ2n) is 4.96. The molecule has 0 spiro atoms. The van der Waals surface area contributed by atoms with E-state index < -0.39 is 0 Å². The summed E-state index contributed by atoms with van der Waals surface area (Å²) in [5.41, 5.74) is 1.18. The summed E-state index contributed by atoms with van der Waals surface area (Å²) in [6.07, 6.45) is 0. The van der Waals surface area contributed by atoms with Crippen molar-refractivity contribution in [2.24, 2.45) is 0 Å². The molecule has 2 rings (SSSR count). The molecule has 0 radical (unpaired) electrons. The Bertz CT molecular complexity index is 612. The first-order valence-electron chi connectivity index (χ1n) is 6.96. The number of nitrogens with one attached hydrogen (secondary N) is 1. The van der Waals surface area contributed by atoms with Crippen molar-refractivity contribution in [1.82, 2.24) is 5.32 Å². The second kappa shape index (κ2) is 8.06. The first-order chi connectivity index (χ1) is 10.6. The molecule has 1 atom stereocenters. The molecule has 22 heavy (non-hydrogen) atoms. The van der Waals surface area contributed by atoms with Gasteiger partial charge in [0.2, 0.25) is 0 Å². The predicted octanol–water partition coefficient (Wildman–Crippen LogP) is 4.29. The Morgan fingerprint density at radius 3 is 2.36 bits per heavy atom. The third kappa shape index (κ3) is 4.65. The van der Waals surface area contributed by atoms with Crippen LogP contribution in [0.15, 0.2) is 48.5 Å². The molecule has 0 saturated heterocycles. The highest BCUT2D eigenvalue weighted by atomic mass is 35.5. The van der Waals surface area contributed by atoms with Gasteiger partial charge in [-0.3, -0.25) is 4.79 Å². The fourth-order valence-electron chi connectivity index (χ4n) is 1.98. The number of benzene rings is 2. The van der Waals surface area contributed by atoms with Gasteiger partial charge in [-0.25, -0.2) is 0 Å². The molecular formula is C17H17Cl2NO2. The lowest BCUT2D eigenvalue weighted by Gasteiger charge is -2.14. The van der Waals surface area contributed by atoms with Gasteiger partial charge in [0, 0.05) is 6.54 Å². The Kier molecular flexibility index (Phi) is 6.10. The van der Waals surface area contributed by atoms with E-state index in [2.05, 4.69) is 12.2 Å². The van der Waals surface area contributed by atoms with E-state index in [1.54, 1.807) is 18.2 Å². The molecule has 0 aliphatic rings. The van der Waals surface area contributed by atoms with E-state index >= 15 is 0 Å². The summed E-state index contributed by atoms with van der Waals surface area (Å²) in [4.78, 5) is 11.9. The van der Waals surface area contributed by atoms with Crippen LogP contribution in [0.3, 0.4) is 0 Å². The molecule has 0 unspecified atom stereocenters. The van der Waals surface area contributed by atoms with E-state index in [4.69, 9.17) is 27.9 Å². The molecule has 1 amide bonds. The van der Waals surface area contributed by atoms with Crippen molar-refractivity contribution in [1.29, 1.82) is 0 Å². The number of rotatable bonds is 6. The lowest BCUT2D eigenvalue weighted by atomic mass is 10.0. The standard InChI is InChI=1S/C17H17Cl2NO2/c1-12(13-6-3-2-4-7-13)10-20-16(21)11-22-17-14(18)8-5-9-15(17)19/h2-9,12H,10-11H2,1H3,(H,20,21)/t12-/m1/s1. The van der Waals surface area contributed by atoms with Gasteiger partial charge in [0.15, 0.2) is 12.4 Å². The Hall–Kier alpha value is -1.71. The minimum atomic E-state index is -0.209. The van der Waals surface area contributed by atoms with E-state index in [0.717, 1.165) is 0 Å². The van der Waals surface area contributed by atoms with Gasteiger partial charge < -0.3 is 10.1 Å². The van der Waals surface area contributed by atoms with Gasteiger partial charge in [0.1, 0.15) is 0 Å². The summed E-state index contributed by atoms with van der Waals surface area (Å²) in [6.45, 7) is 2.48. The Morgan fingerprint density at radius 1 is 1.09 bits per heavy atom. The largest absolute Gasteiger partial charge is 0.481 e. The average molecular weight is 338 g/mol. The first kappa shape index (κ1) is 16.7. The van der Waals surface area contributed by atoms with Crippen LogP contribution in [0.4, 0.5) is 0 Å². The normalized spacial score (nSPS) is 11.8. The molecule has 116 valence electrons. The van der Waals surface area contributed by atoms with E-state index in [1.807, 2.05) is 30.3 Å². The molecule has 0 saturated carbocycles. The number of hydrogen-bond donors (Lipinski definition) is 1. The number of carbonyl (C=O) groups is 1. The van der Waals surface area contributed by atoms with Crippen molar-refractivity contribution in [2.75, 3.05) is 13.2 Å². The molecule has 5 heteroatoms. The molecule has 0 heterocycles. The predicted molar refractivity (Wildman–Crippen MR) is 89.8 cm³/mol. The zero-order valence-electron chi connectivity index (χ0n) is 12.2. The molecule has 2 aromatic carbocycles. The van der Waals surface area contributed by atoms with E-state index in [9.17, 15) is 4.79 Å². The molecule has 0 fully saturated rings. The van der Waals surface area contributed by atoms with Crippen molar-refractivity contribution in [3.05, 3.63) is 64.1 Å². The van der Waals surface area contributed by atoms with Gasteiger partial charge in [0.25, 0.3) is 5.91 Å². The number of halogens is 2. The lowest BCUT2D eigenvalue weighted by molar-refractivity contribution is -0.123. The van der Waals surface area contributed by atoms with Crippen molar-refractivity contribution in [3.63, 3.8) is 0 Å². The Labute approximate surface area is 140 Å². The molecule has 0 aliphatic carbocycles. The molecule has 0 bridgehead atoms. The van der Waals surface area contributed by atoms with Gasteiger partial charge >= 0.3 is 0 Å². The van der Waals surface area contributed by atoms with Crippen molar-refractivity contribution in [2.45, 2.75) is 12.8 Å². The zero-order chi connectivity index (χ0) is 15.9. The Balaban J connectivity index is 1.81. The van der Waals surface area contributed by atoms with E-state index in [-0.39, 0.29) is 18.4 Å². The monoisotopic (exact) mass is 337 g/mol. The third-order valence-corrected chi connectivity index (χ3v) is 3.84. The lowest BCUT2D eigenvalue weighted by Crippen LogP contribution is -2.31. The van der Waals surface area contributed by atoms with Crippen LogP contribution in [0.1, 0.15) is 18.4 Å². The summed E-state index contributed by atoms with van der Waals surface area (Å²) in [5.74, 6) is 0.352. The topological polar surface area (TPSA) is 38.3 Å². The van der Waals surface area contributed by atoms with E-state index in [1.165, 1.54) is 5.56 Å². The number of para-hydroxylation sites is 1. The highest BCUT2D eigenvalue weighted by molar-refractivity contribution is 6.37. The highest BCUT2D eigenvalue weighted by Gasteiger charge is 2.11. The average Bonchev–Trinajstić information content (AvgIpc) is 2.53. The number of amides is 1. The minimum Gasteiger partial charge on any atom is -0.481 e. The fraction of sp³-hybridized carbons (Fsp3) is 0.235. The quantitative estimate of drug-likeness (QED) is 0.853. The molecule has 0 aliphatic heterocycles. The SMILES string of the molecule is C[C@H](CNC(=O)COc1c(Cl)cccc1Cl)c1ccccc1. The van der Waals surface area contributed by atoms with E-state index in [0.29, 0.717) is 22.3 Å². The molecular weight excluding hydrogens is 321 g/mol. The first-order valence-corrected chi connectivity index (χ1v) is 7.72. The van der Waals surface area contributed by atoms with Gasteiger partial charge in [-0.1, -0.05) is 66.5 Å². The van der Waals surface area contributed by atoms with Crippen molar-refractivity contribution in [3.8, 4) is 5.75 Å². The summed E-state index contributed by atoms with van der Waals surface area (Å²) in [7, 11) is 0. The van der Waals surface area contributed by atoms with Crippen LogP contribution >= 0.6 is 23.2 Å². The molecule has 2 aromatic rings. The third-order valence-electron chi connectivity index (χ3n) is 3.24. The van der Waals surface area contributed by atoms with Gasteiger partial charge in [-0.15, -0.1) is 0 Å². The minimum absolute atomic E-state index is 0.120. The fourth-order valence-corrected chi connectivity index (χ4v) is 2.48. The molecule has 0 aromatic heterocycles. The van der Waals surface area contributed by atoms with Crippen LogP contribution < -0.4 is 10.1 Å². The van der Waals surface area contributed by atoms with Gasteiger partial charge in [0.05, 0.1) is 10.0 Å². The summed E-state index contributed by atoms with van der Waals surface area (Å²) >= 11 is 12.0. The maximum absolute atomic E-state index is 11.9. The number of hydrogen-bond acceptors (Lipinski definition) is 2. The summed E-state index contributed by atoms with van der Waals surface area (Å²) in [6, 6.07) is 15.1. The number of carbonyl (C=O) groups excluding carboxylic acids is 1. The second-order valence-corrected chi connectivity index (χ2v) is 5.77. The highest BCUT2D eigenvalue weighted by Crippen LogP contribution is 2.32. The maximum atomic E-state index is 11.9. The molecule has 1 N–H and O–H groups in total.